The van der Waals surface area contributed by atoms with Gasteiger partial charge in [-0.3, -0.25) is 9.59 Å². The Labute approximate surface area is 155 Å². The van der Waals surface area contributed by atoms with E-state index in [-0.39, 0.29) is 18.1 Å². The maximum Gasteiger partial charge on any atom is 0.226 e. The summed E-state index contributed by atoms with van der Waals surface area (Å²) in [6, 6.07) is 9.72. The molecule has 1 aromatic carbocycles. The van der Waals surface area contributed by atoms with E-state index in [1.54, 1.807) is 4.68 Å². The van der Waals surface area contributed by atoms with Crippen molar-refractivity contribution in [3.63, 3.8) is 0 Å². The van der Waals surface area contributed by atoms with Gasteiger partial charge in [0.2, 0.25) is 5.91 Å². The summed E-state index contributed by atoms with van der Waals surface area (Å²) < 4.78 is 1.74. The van der Waals surface area contributed by atoms with Gasteiger partial charge in [-0.05, 0) is 55.5 Å². The lowest BCUT2D eigenvalue weighted by Gasteiger charge is -2.22. The summed E-state index contributed by atoms with van der Waals surface area (Å²) in [7, 11) is 0. The van der Waals surface area contributed by atoms with Crippen molar-refractivity contribution < 1.29 is 9.59 Å². The first kappa shape index (κ1) is 16.7. The molecule has 6 heteroatoms. The summed E-state index contributed by atoms with van der Waals surface area (Å²) in [5.74, 6) is -0.0502. The minimum atomic E-state index is -0.488. The van der Waals surface area contributed by atoms with E-state index in [2.05, 4.69) is 17.3 Å². The molecule has 0 aliphatic carbocycles. The van der Waals surface area contributed by atoms with E-state index in [4.69, 9.17) is 0 Å². The van der Waals surface area contributed by atoms with Crippen molar-refractivity contribution in [3.8, 4) is 5.69 Å². The molecule has 1 amide bonds. The van der Waals surface area contributed by atoms with Gasteiger partial charge in [0.25, 0.3) is 0 Å². The number of carbonyl (C=O) groups excluding carboxylic acids is 2. The Morgan fingerprint density at radius 1 is 1.23 bits per heavy atom. The third-order valence-electron chi connectivity index (χ3n) is 4.92. The summed E-state index contributed by atoms with van der Waals surface area (Å²) in [6.45, 7) is 5.99. The van der Waals surface area contributed by atoms with Crippen LogP contribution in [0.5, 0.6) is 0 Å². The molecule has 0 saturated heterocycles. The second-order valence-electron chi connectivity index (χ2n) is 6.67. The van der Waals surface area contributed by atoms with Crippen LogP contribution < -0.4 is 5.32 Å². The number of anilines is 1. The predicted octanol–water partition coefficient (Wildman–Crippen LogP) is 4.17. The molecular weight excluding hydrogens is 346 g/mol. The first-order valence-electron chi connectivity index (χ1n) is 8.50. The van der Waals surface area contributed by atoms with Crippen LogP contribution in [0.4, 0.5) is 5.82 Å². The Bertz CT molecular complexity index is 1020. The molecule has 3 heterocycles. The Hall–Kier alpha value is -2.73. The fraction of sp³-hybridized carbons (Fsp3) is 0.250. The van der Waals surface area contributed by atoms with Crippen molar-refractivity contribution in [1.29, 1.82) is 0 Å². The lowest BCUT2D eigenvalue weighted by molar-refractivity contribution is -0.116. The van der Waals surface area contributed by atoms with Crippen molar-refractivity contribution in [3.05, 3.63) is 63.0 Å². The van der Waals surface area contributed by atoms with E-state index < -0.39 is 5.92 Å². The number of aryl methyl sites for hydroxylation is 3. The Kier molecular flexibility index (Phi) is 4.00. The molecule has 5 nitrogen and oxygen atoms in total. The van der Waals surface area contributed by atoms with E-state index in [0.29, 0.717) is 10.7 Å². The van der Waals surface area contributed by atoms with Crippen LogP contribution >= 0.6 is 11.3 Å². The van der Waals surface area contributed by atoms with Crippen LogP contribution in [0, 0.1) is 20.8 Å². The maximum atomic E-state index is 13.0. The molecular formula is C20H19N3O2S. The number of hydrogen-bond donors (Lipinski definition) is 1. The number of amides is 1. The van der Waals surface area contributed by atoms with Crippen LogP contribution in [0.1, 0.15) is 44.4 Å². The molecule has 0 spiro atoms. The van der Waals surface area contributed by atoms with Crippen molar-refractivity contribution in [2.75, 3.05) is 5.32 Å². The highest BCUT2D eigenvalue weighted by atomic mass is 32.1. The van der Waals surface area contributed by atoms with E-state index in [1.807, 2.05) is 49.6 Å². The second-order valence-corrected chi connectivity index (χ2v) is 7.62. The number of ketones is 1. The van der Waals surface area contributed by atoms with Gasteiger partial charge in [-0.2, -0.15) is 5.10 Å². The zero-order chi connectivity index (χ0) is 18.4. The van der Waals surface area contributed by atoms with Crippen LogP contribution in [0.2, 0.25) is 0 Å². The summed E-state index contributed by atoms with van der Waals surface area (Å²) >= 11 is 1.40. The summed E-state index contributed by atoms with van der Waals surface area (Å²) in [4.78, 5) is 26.0. The number of thiophene rings is 1. The normalized spacial score (nSPS) is 16.3. The van der Waals surface area contributed by atoms with E-state index in [0.717, 1.165) is 22.5 Å². The number of benzene rings is 1. The molecule has 2 aromatic heterocycles. The molecule has 1 atom stereocenters. The highest BCUT2D eigenvalue weighted by Gasteiger charge is 2.36. The first-order valence-corrected chi connectivity index (χ1v) is 9.38. The Morgan fingerprint density at radius 2 is 2.04 bits per heavy atom. The molecule has 0 fully saturated rings. The average Bonchev–Trinajstić information content (AvgIpc) is 3.25. The zero-order valence-corrected chi connectivity index (χ0v) is 15.7. The number of Topliss-reactive ketones (excluding diaryl/α,β-unsaturated/α-hetero) is 1. The largest absolute Gasteiger partial charge is 0.310 e. The number of nitrogens with one attached hydrogen (secondary N) is 1. The SMILES string of the molecule is Cc1ccc(-n2nc(C)c3c2NC(=O)CC3C(=O)c2cccs2)cc1C. The predicted molar refractivity (Wildman–Crippen MR) is 102 cm³/mol. The smallest absolute Gasteiger partial charge is 0.226 e. The molecule has 0 radical (unpaired) electrons. The lowest BCUT2D eigenvalue weighted by Crippen LogP contribution is -2.28. The molecule has 1 unspecified atom stereocenters. The molecule has 1 aliphatic heterocycles. The molecule has 4 rings (SSSR count). The van der Waals surface area contributed by atoms with E-state index >= 15 is 0 Å². The fourth-order valence-electron chi connectivity index (χ4n) is 3.41. The van der Waals surface area contributed by atoms with Crippen molar-refractivity contribution in [2.24, 2.45) is 0 Å². The summed E-state index contributed by atoms with van der Waals surface area (Å²) in [5, 5.41) is 9.44. The van der Waals surface area contributed by atoms with Gasteiger partial charge in [0.1, 0.15) is 5.82 Å². The fourth-order valence-corrected chi connectivity index (χ4v) is 4.13. The van der Waals surface area contributed by atoms with Gasteiger partial charge in [-0.25, -0.2) is 4.68 Å². The van der Waals surface area contributed by atoms with Gasteiger partial charge in [-0.1, -0.05) is 12.1 Å². The molecule has 1 aliphatic rings. The minimum Gasteiger partial charge on any atom is -0.310 e. The van der Waals surface area contributed by atoms with Gasteiger partial charge >= 0.3 is 0 Å². The van der Waals surface area contributed by atoms with E-state index in [9.17, 15) is 9.59 Å². The third kappa shape index (κ3) is 2.66. The molecule has 132 valence electrons. The lowest BCUT2D eigenvalue weighted by atomic mass is 9.87. The number of nitrogens with zero attached hydrogens (tertiary/aromatic N) is 2. The van der Waals surface area contributed by atoms with Crippen molar-refractivity contribution in [2.45, 2.75) is 33.1 Å². The topological polar surface area (TPSA) is 64.0 Å². The van der Waals surface area contributed by atoms with Gasteiger partial charge in [0, 0.05) is 12.0 Å². The van der Waals surface area contributed by atoms with Gasteiger partial charge in [-0.15, -0.1) is 11.3 Å². The summed E-state index contributed by atoms with van der Waals surface area (Å²) in [5.41, 5.74) is 4.82. The van der Waals surface area contributed by atoms with Gasteiger partial charge in [0.05, 0.1) is 22.2 Å². The van der Waals surface area contributed by atoms with Crippen LogP contribution in [-0.4, -0.2) is 21.5 Å². The first-order chi connectivity index (χ1) is 12.5. The molecule has 3 aromatic rings. The number of rotatable bonds is 3. The van der Waals surface area contributed by atoms with Gasteiger partial charge < -0.3 is 5.32 Å². The van der Waals surface area contributed by atoms with Crippen LogP contribution in [0.3, 0.4) is 0 Å². The average molecular weight is 365 g/mol. The Morgan fingerprint density at radius 3 is 2.73 bits per heavy atom. The highest BCUT2D eigenvalue weighted by Crippen LogP contribution is 2.38. The number of hydrogen-bond acceptors (Lipinski definition) is 4. The quantitative estimate of drug-likeness (QED) is 0.709. The van der Waals surface area contributed by atoms with Gasteiger partial charge in [0.15, 0.2) is 5.78 Å². The number of aromatic nitrogens is 2. The second kappa shape index (κ2) is 6.21. The standard InChI is InChI=1S/C20H19N3O2S/c1-11-6-7-14(9-12(11)2)23-20-18(13(3)22-23)15(10-17(24)21-20)19(25)16-5-4-8-26-16/h4-9,15H,10H2,1-3H3,(H,21,24). The molecule has 1 N–H and O–H groups in total. The molecule has 0 saturated carbocycles. The Balaban J connectivity index is 1.84. The molecule has 26 heavy (non-hydrogen) atoms. The maximum absolute atomic E-state index is 13.0. The third-order valence-corrected chi connectivity index (χ3v) is 5.80. The van der Waals surface area contributed by atoms with Crippen molar-refractivity contribution >= 4 is 28.8 Å². The van der Waals surface area contributed by atoms with Crippen LogP contribution in [0.25, 0.3) is 5.69 Å². The highest BCUT2D eigenvalue weighted by molar-refractivity contribution is 7.12. The summed E-state index contributed by atoms with van der Waals surface area (Å²) in [6.07, 6.45) is 0.156. The number of carbonyl (C=O) groups is 2. The van der Waals surface area contributed by atoms with E-state index in [1.165, 1.54) is 16.9 Å². The molecule has 0 bridgehead atoms. The minimum absolute atomic E-state index is 0.0150. The monoisotopic (exact) mass is 365 g/mol. The van der Waals surface area contributed by atoms with Crippen LogP contribution in [-0.2, 0) is 4.79 Å². The van der Waals surface area contributed by atoms with Crippen LogP contribution in [0.15, 0.2) is 35.7 Å². The zero-order valence-electron chi connectivity index (χ0n) is 14.9. The van der Waals surface area contributed by atoms with Crippen molar-refractivity contribution in [1.82, 2.24) is 9.78 Å². The number of fused-ring (bicyclic) bond motifs is 1.